The fraction of sp³-hybridized carbons (Fsp3) is 0.800. The van der Waals surface area contributed by atoms with Crippen LogP contribution in [-0.2, 0) is 14.3 Å². The van der Waals surface area contributed by atoms with Crippen LogP contribution in [0.4, 0.5) is 0 Å². The largest absolute Gasteiger partial charge is 0.466 e. The molecule has 0 saturated carbocycles. The van der Waals surface area contributed by atoms with E-state index in [2.05, 4.69) is 5.32 Å². The zero-order valence-electron chi connectivity index (χ0n) is 9.58. The van der Waals surface area contributed by atoms with Crippen molar-refractivity contribution in [1.82, 2.24) is 5.32 Å². The number of rotatable bonds is 7. The summed E-state index contributed by atoms with van der Waals surface area (Å²) in [5.74, 6) is -0.782. The number of hydrogen-bond donors (Lipinski definition) is 2. The van der Waals surface area contributed by atoms with Gasteiger partial charge in [0.05, 0.1) is 12.5 Å². The molecule has 0 aliphatic carbocycles. The molecule has 0 rings (SSSR count). The summed E-state index contributed by atoms with van der Waals surface area (Å²) in [4.78, 5) is 21.8. The van der Waals surface area contributed by atoms with E-state index in [0.717, 1.165) is 0 Å². The summed E-state index contributed by atoms with van der Waals surface area (Å²) >= 11 is 0. The fourth-order valence-corrected chi connectivity index (χ4v) is 1.12. The van der Waals surface area contributed by atoms with Gasteiger partial charge in [0.1, 0.15) is 0 Å². The first-order valence-corrected chi connectivity index (χ1v) is 5.15. The van der Waals surface area contributed by atoms with Gasteiger partial charge in [-0.25, -0.2) is 0 Å². The summed E-state index contributed by atoms with van der Waals surface area (Å²) in [6.45, 7) is 6.28. The highest BCUT2D eigenvalue weighted by atomic mass is 16.5. The Morgan fingerprint density at radius 2 is 2.00 bits per heavy atom. The van der Waals surface area contributed by atoms with Gasteiger partial charge in [-0.1, -0.05) is 6.92 Å². The van der Waals surface area contributed by atoms with Crippen LogP contribution in [0.25, 0.3) is 0 Å². The number of nitrogens with one attached hydrogen (secondary N) is 1. The van der Waals surface area contributed by atoms with E-state index in [4.69, 9.17) is 10.5 Å². The second-order valence-corrected chi connectivity index (χ2v) is 3.63. The van der Waals surface area contributed by atoms with Gasteiger partial charge in [-0.05, 0) is 13.8 Å². The molecule has 0 radical (unpaired) electrons. The summed E-state index contributed by atoms with van der Waals surface area (Å²) < 4.78 is 4.85. The standard InChI is InChI=1S/C10H20N2O3/c1-4-15-10(14)7(2)6-12-8(3)5-9(11)13/h7-8,12H,4-6H2,1-3H3,(H2,11,13). The lowest BCUT2D eigenvalue weighted by molar-refractivity contribution is -0.147. The molecule has 5 heteroatoms. The van der Waals surface area contributed by atoms with E-state index in [1.165, 1.54) is 0 Å². The first kappa shape index (κ1) is 13.9. The first-order chi connectivity index (χ1) is 6.97. The SMILES string of the molecule is CCOC(=O)C(C)CNC(C)CC(N)=O. The minimum absolute atomic E-state index is 0.0145. The summed E-state index contributed by atoms with van der Waals surface area (Å²) in [6.07, 6.45) is 0.273. The zero-order chi connectivity index (χ0) is 11.8. The van der Waals surface area contributed by atoms with E-state index in [9.17, 15) is 9.59 Å². The number of ether oxygens (including phenoxy) is 1. The lowest BCUT2D eigenvalue weighted by Crippen LogP contribution is -2.36. The summed E-state index contributed by atoms with van der Waals surface area (Å²) in [7, 11) is 0. The maximum absolute atomic E-state index is 11.2. The van der Waals surface area contributed by atoms with Gasteiger partial charge in [-0.2, -0.15) is 0 Å². The Hall–Kier alpha value is -1.10. The van der Waals surface area contributed by atoms with Gasteiger partial charge in [0, 0.05) is 19.0 Å². The second-order valence-electron chi connectivity index (χ2n) is 3.63. The number of carbonyl (C=O) groups is 2. The average Bonchev–Trinajstić information content (AvgIpc) is 2.13. The molecule has 0 heterocycles. The van der Waals surface area contributed by atoms with Gasteiger partial charge >= 0.3 is 5.97 Å². The highest BCUT2D eigenvalue weighted by molar-refractivity contribution is 5.74. The van der Waals surface area contributed by atoms with E-state index < -0.39 is 0 Å². The molecule has 0 aliphatic rings. The smallest absolute Gasteiger partial charge is 0.309 e. The van der Waals surface area contributed by atoms with Gasteiger partial charge in [0.15, 0.2) is 0 Å². The third-order valence-corrected chi connectivity index (χ3v) is 1.97. The maximum Gasteiger partial charge on any atom is 0.309 e. The zero-order valence-corrected chi connectivity index (χ0v) is 9.58. The predicted molar refractivity (Wildman–Crippen MR) is 57.1 cm³/mol. The van der Waals surface area contributed by atoms with E-state index in [0.29, 0.717) is 13.2 Å². The number of amides is 1. The molecule has 88 valence electrons. The molecule has 2 unspecified atom stereocenters. The van der Waals surface area contributed by atoms with Crippen molar-refractivity contribution < 1.29 is 14.3 Å². The van der Waals surface area contributed by atoms with Crippen LogP contribution in [0.2, 0.25) is 0 Å². The highest BCUT2D eigenvalue weighted by Gasteiger charge is 2.15. The van der Waals surface area contributed by atoms with Crippen molar-refractivity contribution in [2.24, 2.45) is 11.7 Å². The van der Waals surface area contributed by atoms with E-state index in [1.54, 1.807) is 13.8 Å². The summed E-state index contributed by atoms with van der Waals surface area (Å²) in [6, 6.07) is -0.0145. The Morgan fingerprint density at radius 3 is 2.47 bits per heavy atom. The number of esters is 1. The molecule has 1 amide bonds. The normalized spacial score (nSPS) is 14.3. The van der Waals surface area contributed by atoms with Gasteiger partial charge in [0.2, 0.25) is 5.91 Å². The van der Waals surface area contributed by atoms with Crippen molar-refractivity contribution in [2.45, 2.75) is 33.2 Å². The Labute approximate surface area is 90.4 Å². The van der Waals surface area contributed by atoms with Crippen molar-refractivity contribution in [3.8, 4) is 0 Å². The maximum atomic E-state index is 11.2. The van der Waals surface area contributed by atoms with Gasteiger partial charge in [0.25, 0.3) is 0 Å². The average molecular weight is 216 g/mol. The topological polar surface area (TPSA) is 81.4 Å². The van der Waals surface area contributed by atoms with Crippen LogP contribution in [0.3, 0.4) is 0 Å². The minimum Gasteiger partial charge on any atom is -0.466 e. The molecule has 5 nitrogen and oxygen atoms in total. The Morgan fingerprint density at radius 1 is 1.40 bits per heavy atom. The molecule has 0 bridgehead atoms. The van der Waals surface area contributed by atoms with Gasteiger partial charge < -0.3 is 15.8 Å². The number of nitrogens with two attached hydrogens (primary N) is 1. The van der Waals surface area contributed by atoms with Crippen molar-refractivity contribution in [3.05, 3.63) is 0 Å². The van der Waals surface area contributed by atoms with Gasteiger partial charge in [-0.3, -0.25) is 9.59 Å². The Bertz CT molecular complexity index is 219. The van der Waals surface area contributed by atoms with Crippen LogP contribution in [0.5, 0.6) is 0 Å². The molecular weight excluding hydrogens is 196 g/mol. The van der Waals surface area contributed by atoms with Crippen LogP contribution in [0, 0.1) is 5.92 Å². The molecule has 3 N–H and O–H groups in total. The number of primary amides is 1. The van der Waals surface area contributed by atoms with Crippen molar-refractivity contribution >= 4 is 11.9 Å². The molecule has 0 aromatic rings. The lowest BCUT2D eigenvalue weighted by Gasteiger charge is -2.15. The minimum atomic E-state index is -0.348. The van der Waals surface area contributed by atoms with Crippen LogP contribution >= 0.6 is 0 Å². The number of hydrogen-bond acceptors (Lipinski definition) is 4. The lowest BCUT2D eigenvalue weighted by atomic mass is 10.1. The molecule has 0 aromatic heterocycles. The van der Waals surface area contributed by atoms with Crippen LogP contribution in [0.1, 0.15) is 27.2 Å². The molecule has 0 aliphatic heterocycles. The molecule has 0 saturated heterocycles. The molecule has 0 aromatic carbocycles. The molecular formula is C10H20N2O3. The molecule has 0 fully saturated rings. The molecule has 15 heavy (non-hydrogen) atoms. The van der Waals surface area contributed by atoms with Crippen molar-refractivity contribution in [1.29, 1.82) is 0 Å². The highest BCUT2D eigenvalue weighted by Crippen LogP contribution is 1.98. The predicted octanol–water partition coefficient (Wildman–Crippen LogP) is 0.0391. The van der Waals surface area contributed by atoms with Gasteiger partial charge in [-0.15, -0.1) is 0 Å². The first-order valence-electron chi connectivity index (χ1n) is 5.15. The molecule has 2 atom stereocenters. The third kappa shape index (κ3) is 6.90. The Kier molecular flexibility index (Phi) is 6.70. The van der Waals surface area contributed by atoms with E-state index >= 15 is 0 Å². The molecule has 0 spiro atoms. The quantitative estimate of drug-likeness (QED) is 0.589. The van der Waals surface area contributed by atoms with Crippen molar-refractivity contribution in [2.75, 3.05) is 13.2 Å². The summed E-state index contributed by atoms with van der Waals surface area (Å²) in [5, 5.41) is 3.05. The second kappa shape index (κ2) is 7.23. The van der Waals surface area contributed by atoms with E-state index in [-0.39, 0.29) is 30.3 Å². The van der Waals surface area contributed by atoms with Crippen LogP contribution in [-0.4, -0.2) is 31.1 Å². The van der Waals surface area contributed by atoms with Crippen LogP contribution in [0.15, 0.2) is 0 Å². The van der Waals surface area contributed by atoms with Crippen LogP contribution < -0.4 is 11.1 Å². The number of carbonyl (C=O) groups excluding carboxylic acids is 2. The Balaban J connectivity index is 3.74. The third-order valence-electron chi connectivity index (χ3n) is 1.97. The monoisotopic (exact) mass is 216 g/mol. The van der Waals surface area contributed by atoms with E-state index in [1.807, 2.05) is 6.92 Å². The van der Waals surface area contributed by atoms with Crippen molar-refractivity contribution in [3.63, 3.8) is 0 Å². The summed E-state index contributed by atoms with van der Waals surface area (Å²) in [5.41, 5.74) is 5.04. The fourth-order valence-electron chi connectivity index (χ4n) is 1.12.